The van der Waals surface area contributed by atoms with E-state index in [1.54, 1.807) is 74.5 Å². The Morgan fingerprint density at radius 2 is 1.77 bits per heavy atom. The standard InChI is InChI=1S/C30H24F2N2O4S/c1-3-37-29(36)26-18(2)33-30-34(27(26)20-10-12-22(31)13-11-20)28(35)25(39-30)16-19-8-14-23(15-9-19)38-17-21-6-4-5-7-24(21)32/h4-16,27H,3,17H2,1-2H3/b25-16-/t27-/m0/s1. The summed E-state index contributed by atoms with van der Waals surface area (Å²) in [6, 6.07) is 18.4. The molecule has 198 valence electrons. The van der Waals surface area contributed by atoms with Crippen LogP contribution in [-0.2, 0) is 16.1 Å². The molecule has 0 bridgehead atoms. The third-order valence-corrected chi connectivity index (χ3v) is 7.22. The highest BCUT2D eigenvalue weighted by molar-refractivity contribution is 7.07. The van der Waals surface area contributed by atoms with E-state index in [4.69, 9.17) is 9.47 Å². The number of ether oxygens (including phenoxy) is 2. The Bertz CT molecular complexity index is 1740. The zero-order valence-electron chi connectivity index (χ0n) is 21.2. The minimum atomic E-state index is -0.808. The van der Waals surface area contributed by atoms with Crippen molar-refractivity contribution in [1.29, 1.82) is 0 Å². The maximum atomic E-state index is 13.9. The average molecular weight is 547 g/mol. The summed E-state index contributed by atoms with van der Waals surface area (Å²) in [5.41, 5.74) is 2.11. The molecule has 1 aliphatic heterocycles. The van der Waals surface area contributed by atoms with E-state index < -0.39 is 17.8 Å². The lowest BCUT2D eigenvalue weighted by Crippen LogP contribution is -2.39. The molecule has 0 amide bonds. The normalized spacial score (nSPS) is 15.1. The number of aromatic nitrogens is 1. The molecule has 39 heavy (non-hydrogen) atoms. The molecule has 3 aromatic carbocycles. The van der Waals surface area contributed by atoms with E-state index in [1.807, 2.05) is 0 Å². The summed E-state index contributed by atoms with van der Waals surface area (Å²) in [6.07, 6.45) is 1.73. The molecule has 1 aromatic heterocycles. The van der Waals surface area contributed by atoms with Crippen LogP contribution in [0.1, 0.15) is 36.6 Å². The van der Waals surface area contributed by atoms with Gasteiger partial charge in [-0.05, 0) is 61.4 Å². The van der Waals surface area contributed by atoms with E-state index in [0.29, 0.717) is 31.9 Å². The van der Waals surface area contributed by atoms with Gasteiger partial charge < -0.3 is 9.47 Å². The van der Waals surface area contributed by atoms with E-state index in [9.17, 15) is 18.4 Å². The van der Waals surface area contributed by atoms with Crippen LogP contribution < -0.4 is 19.6 Å². The van der Waals surface area contributed by atoms with Gasteiger partial charge in [0.2, 0.25) is 0 Å². The molecule has 0 saturated carbocycles. The minimum absolute atomic E-state index is 0.0934. The molecular formula is C30H24F2N2O4S. The maximum absolute atomic E-state index is 13.9. The van der Waals surface area contributed by atoms with Gasteiger partial charge in [0.1, 0.15) is 24.0 Å². The van der Waals surface area contributed by atoms with Crippen LogP contribution in [0.3, 0.4) is 0 Å². The minimum Gasteiger partial charge on any atom is -0.489 e. The highest BCUT2D eigenvalue weighted by Crippen LogP contribution is 2.30. The van der Waals surface area contributed by atoms with Crippen molar-refractivity contribution in [3.63, 3.8) is 0 Å². The van der Waals surface area contributed by atoms with E-state index in [2.05, 4.69) is 4.99 Å². The second-order valence-electron chi connectivity index (χ2n) is 8.80. The van der Waals surface area contributed by atoms with Gasteiger partial charge in [0.05, 0.1) is 28.5 Å². The predicted molar refractivity (Wildman–Crippen MR) is 144 cm³/mol. The van der Waals surface area contributed by atoms with Crippen LogP contribution in [0.4, 0.5) is 8.78 Å². The summed E-state index contributed by atoms with van der Waals surface area (Å²) in [4.78, 5) is 31.5. The summed E-state index contributed by atoms with van der Waals surface area (Å²) in [5, 5.41) is 0. The Labute approximate surface area is 226 Å². The number of benzene rings is 3. The van der Waals surface area contributed by atoms with Crippen molar-refractivity contribution < 1.29 is 23.0 Å². The fourth-order valence-electron chi connectivity index (χ4n) is 4.34. The Morgan fingerprint density at radius 3 is 2.46 bits per heavy atom. The largest absolute Gasteiger partial charge is 0.489 e. The lowest BCUT2D eigenvalue weighted by molar-refractivity contribution is -0.139. The van der Waals surface area contributed by atoms with E-state index in [0.717, 1.165) is 5.56 Å². The first-order chi connectivity index (χ1) is 18.9. The average Bonchev–Trinajstić information content (AvgIpc) is 3.23. The van der Waals surface area contributed by atoms with E-state index >= 15 is 0 Å². The Morgan fingerprint density at radius 1 is 1.05 bits per heavy atom. The monoisotopic (exact) mass is 546 g/mol. The third kappa shape index (κ3) is 5.44. The number of carbonyl (C=O) groups excluding carboxylic acids is 1. The molecule has 0 radical (unpaired) electrons. The number of hydrogen-bond donors (Lipinski definition) is 0. The number of thiazole rings is 1. The summed E-state index contributed by atoms with van der Waals surface area (Å²) >= 11 is 1.20. The lowest BCUT2D eigenvalue weighted by Gasteiger charge is -2.24. The first-order valence-electron chi connectivity index (χ1n) is 12.3. The Hall–Kier alpha value is -4.37. The quantitative estimate of drug-likeness (QED) is 0.317. The van der Waals surface area contributed by atoms with E-state index in [-0.39, 0.29) is 30.2 Å². The van der Waals surface area contributed by atoms with Crippen LogP contribution in [0, 0.1) is 11.6 Å². The maximum Gasteiger partial charge on any atom is 0.338 e. The fraction of sp³-hybridized carbons (Fsp3) is 0.167. The van der Waals surface area contributed by atoms with Gasteiger partial charge >= 0.3 is 5.97 Å². The molecule has 0 aliphatic carbocycles. The van der Waals surface area contributed by atoms with Gasteiger partial charge in [-0.3, -0.25) is 9.36 Å². The van der Waals surface area contributed by atoms with Crippen molar-refractivity contribution in [3.05, 3.63) is 132 Å². The van der Waals surface area contributed by atoms with Crippen LogP contribution in [0.25, 0.3) is 6.08 Å². The number of allylic oxidation sites excluding steroid dienone is 1. The van der Waals surface area contributed by atoms with E-state index in [1.165, 1.54) is 34.1 Å². The summed E-state index contributed by atoms with van der Waals surface area (Å²) < 4.78 is 40.4. The number of halogens is 2. The summed E-state index contributed by atoms with van der Waals surface area (Å²) in [7, 11) is 0. The lowest BCUT2D eigenvalue weighted by atomic mass is 9.96. The van der Waals surface area contributed by atoms with Crippen LogP contribution >= 0.6 is 11.3 Å². The third-order valence-electron chi connectivity index (χ3n) is 6.23. The topological polar surface area (TPSA) is 69.9 Å². The van der Waals surface area contributed by atoms with Crippen LogP contribution in [0.15, 0.2) is 93.9 Å². The number of carbonyl (C=O) groups is 1. The number of fused-ring (bicyclic) bond motifs is 1. The number of rotatable bonds is 7. The van der Waals surface area contributed by atoms with Crippen LogP contribution in [-0.4, -0.2) is 17.1 Å². The smallest absolute Gasteiger partial charge is 0.338 e. The number of nitrogens with zero attached hydrogens (tertiary/aromatic N) is 2. The second-order valence-corrected chi connectivity index (χ2v) is 9.81. The van der Waals surface area contributed by atoms with Gasteiger partial charge in [-0.2, -0.15) is 0 Å². The molecule has 0 unspecified atom stereocenters. The van der Waals surface area contributed by atoms with Crippen molar-refractivity contribution in [2.45, 2.75) is 26.5 Å². The molecule has 0 saturated heterocycles. The molecule has 1 aliphatic rings. The summed E-state index contributed by atoms with van der Waals surface area (Å²) in [5.74, 6) is -0.771. The van der Waals surface area contributed by atoms with Crippen molar-refractivity contribution in [3.8, 4) is 5.75 Å². The van der Waals surface area contributed by atoms with Crippen molar-refractivity contribution in [2.24, 2.45) is 4.99 Å². The molecule has 0 spiro atoms. The Balaban J connectivity index is 1.50. The van der Waals surface area contributed by atoms with Crippen LogP contribution in [0.2, 0.25) is 0 Å². The van der Waals surface area contributed by atoms with Gasteiger partial charge in [0.25, 0.3) is 5.56 Å². The van der Waals surface area contributed by atoms with Gasteiger partial charge in [-0.25, -0.2) is 18.6 Å². The fourth-order valence-corrected chi connectivity index (χ4v) is 5.39. The molecule has 0 N–H and O–H groups in total. The molecule has 9 heteroatoms. The predicted octanol–water partition coefficient (Wildman–Crippen LogP) is 4.66. The zero-order valence-corrected chi connectivity index (χ0v) is 22.0. The molecular weight excluding hydrogens is 522 g/mol. The molecule has 6 nitrogen and oxygen atoms in total. The number of hydrogen-bond acceptors (Lipinski definition) is 6. The molecule has 5 rings (SSSR count). The molecule has 0 fully saturated rings. The molecule has 4 aromatic rings. The highest BCUT2D eigenvalue weighted by atomic mass is 32.1. The van der Waals surface area contributed by atoms with Crippen LogP contribution in [0.5, 0.6) is 5.75 Å². The van der Waals surface area contributed by atoms with Crippen molar-refractivity contribution >= 4 is 23.4 Å². The first-order valence-corrected chi connectivity index (χ1v) is 13.1. The highest BCUT2D eigenvalue weighted by Gasteiger charge is 2.33. The Kier molecular flexibility index (Phi) is 7.51. The molecule has 1 atom stereocenters. The van der Waals surface area contributed by atoms with Crippen molar-refractivity contribution in [2.75, 3.05) is 6.61 Å². The second kappa shape index (κ2) is 11.2. The summed E-state index contributed by atoms with van der Waals surface area (Å²) in [6.45, 7) is 3.65. The SMILES string of the molecule is CCOC(=O)C1=C(C)N=c2s/c(=C\c3ccc(OCc4ccccc4F)cc3)c(=O)n2[C@H]1c1ccc(F)cc1. The number of esters is 1. The van der Waals surface area contributed by atoms with Gasteiger partial charge in [-0.1, -0.05) is 53.8 Å². The first kappa shape index (κ1) is 26.2. The molecule has 2 heterocycles. The van der Waals surface area contributed by atoms with Gasteiger partial charge in [-0.15, -0.1) is 0 Å². The van der Waals surface area contributed by atoms with Gasteiger partial charge in [0.15, 0.2) is 4.80 Å². The van der Waals surface area contributed by atoms with Gasteiger partial charge in [0, 0.05) is 5.56 Å². The zero-order chi connectivity index (χ0) is 27.5. The van der Waals surface area contributed by atoms with Crippen molar-refractivity contribution in [1.82, 2.24) is 4.57 Å².